The molecule has 1 amide bonds. The molecule has 148 valence electrons. The molecule has 4 rings (SSSR count). The zero-order chi connectivity index (χ0) is 19.2. The first-order valence-corrected chi connectivity index (χ1v) is 10.1. The van der Waals surface area contributed by atoms with Crippen LogP contribution in [0.3, 0.4) is 0 Å². The van der Waals surface area contributed by atoms with Crippen LogP contribution in [0.2, 0.25) is 0 Å². The second-order valence-corrected chi connectivity index (χ2v) is 7.64. The Bertz CT molecular complexity index is 776. The summed E-state index contributed by atoms with van der Waals surface area (Å²) in [4.78, 5) is 15.3. The van der Waals surface area contributed by atoms with Crippen molar-refractivity contribution in [3.63, 3.8) is 0 Å². The molecule has 0 aromatic heterocycles. The number of nitrogens with one attached hydrogen (secondary N) is 3. The van der Waals surface area contributed by atoms with Crippen molar-refractivity contribution >= 4 is 5.91 Å². The Morgan fingerprint density at radius 1 is 0.929 bits per heavy atom. The van der Waals surface area contributed by atoms with Crippen LogP contribution in [-0.2, 0) is 11.3 Å². The molecule has 0 radical (unpaired) electrons. The van der Waals surface area contributed by atoms with E-state index in [0.717, 1.165) is 44.2 Å². The largest absolute Gasteiger partial charge is 0.486 e. The molecule has 0 saturated carbocycles. The summed E-state index contributed by atoms with van der Waals surface area (Å²) in [6.45, 7) is 6.82. The van der Waals surface area contributed by atoms with E-state index in [1.54, 1.807) is 4.90 Å². The molecule has 6 heteroatoms. The molecule has 2 aliphatic rings. The summed E-state index contributed by atoms with van der Waals surface area (Å²) >= 11 is 0. The lowest BCUT2D eigenvalue weighted by Crippen LogP contribution is -3.28. The van der Waals surface area contributed by atoms with Crippen LogP contribution in [0, 0.1) is 0 Å². The average molecular weight is 383 g/mol. The highest BCUT2D eigenvalue weighted by molar-refractivity contribution is 5.76. The standard InChI is InChI=1S/C22H27N3O3/c26-22(23-14-19-17-27-20-8-4-5-9-21(20)28-19)16-25-12-10-24(11-13-25)15-18-6-2-1-3-7-18/h1-9,19H,10-17H2,(H,23,26)/p+2. The topological polar surface area (TPSA) is 56.4 Å². The van der Waals surface area contributed by atoms with Gasteiger partial charge in [-0.1, -0.05) is 42.5 Å². The van der Waals surface area contributed by atoms with Gasteiger partial charge in [-0.3, -0.25) is 4.79 Å². The second kappa shape index (κ2) is 9.08. The van der Waals surface area contributed by atoms with E-state index in [4.69, 9.17) is 9.47 Å². The lowest BCUT2D eigenvalue weighted by Gasteiger charge is -2.30. The Labute approximate surface area is 166 Å². The van der Waals surface area contributed by atoms with Crippen LogP contribution in [0.1, 0.15) is 5.56 Å². The molecule has 1 saturated heterocycles. The highest BCUT2D eigenvalue weighted by atomic mass is 16.6. The molecule has 1 fully saturated rings. The van der Waals surface area contributed by atoms with Gasteiger partial charge in [-0.15, -0.1) is 0 Å². The summed E-state index contributed by atoms with van der Waals surface area (Å²) in [5, 5.41) is 3.01. The van der Waals surface area contributed by atoms with Crippen molar-refractivity contribution in [1.29, 1.82) is 0 Å². The highest BCUT2D eigenvalue weighted by Crippen LogP contribution is 2.30. The van der Waals surface area contributed by atoms with Crippen LogP contribution in [0.5, 0.6) is 11.5 Å². The average Bonchev–Trinajstić information content (AvgIpc) is 2.74. The smallest absolute Gasteiger partial charge is 0.275 e. The van der Waals surface area contributed by atoms with Crippen LogP contribution in [-0.4, -0.2) is 57.9 Å². The molecule has 1 atom stereocenters. The monoisotopic (exact) mass is 383 g/mol. The van der Waals surface area contributed by atoms with E-state index in [-0.39, 0.29) is 12.0 Å². The fourth-order valence-corrected chi connectivity index (χ4v) is 3.88. The Balaban J connectivity index is 1.15. The number of hydrogen-bond acceptors (Lipinski definition) is 3. The zero-order valence-corrected chi connectivity index (χ0v) is 16.2. The van der Waals surface area contributed by atoms with Gasteiger partial charge in [0, 0.05) is 5.56 Å². The van der Waals surface area contributed by atoms with Crippen molar-refractivity contribution in [3.8, 4) is 11.5 Å². The number of fused-ring (bicyclic) bond motifs is 1. The van der Waals surface area contributed by atoms with E-state index in [0.29, 0.717) is 19.7 Å². The molecule has 28 heavy (non-hydrogen) atoms. The quantitative estimate of drug-likeness (QED) is 0.595. The summed E-state index contributed by atoms with van der Waals surface area (Å²) < 4.78 is 11.6. The molecule has 1 unspecified atom stereocenters. The molecule has 3 N–H and O–H groups in total. The van der Waals surface area contributed by atoms with Gasteiger partial charge in [-0.2, -0.15) is 0 Å². The number of piperazine rings is 1. The maximum absolute atomic E-state index is 12.3. The molecule has 0 aliphatic carbocycles. The molecular weight excluding hydrogens is 354 g/mol. The summed E-state index contributed by atoms with van der Waals surface area (Å²) in [6.07, 6.45) is -0.138. The van der Waals surface area contributed by atoms with Gasteiger partial charge < -0.3 is 24.6 Å². The number of quaternary nitrogens is 2. The maximum Gasteiger partial charge on any atom is 0.275 e. The summed E-state index contributed by atoms with van der Waals surface area (Å²) in [5.41, 5.74) is 1.38. The third-order valence-corrected chi connectivity index (χ3v) is 5.47. The highest BCUT2D eigenvalue weighted by Gasteiger charge is 2.26. The summed E-state index contributed by atoms with van der Waals surface area (Å²) in [7, 11) is 0. The molecule has 2 heterocycles. The van der Waals surface area contributed by atoms with Gasteiger partial charge in [0.2, 0.25) is 0 Å². The van der Waals surface area contributed by atoms with Crippen molar-refractivity contribution in [1.82, 2.24) is 5.32 Å². The van der Waals surface area contributed by atoms with E-state index in [2.05, 4.69) is 35.6 Å². The minimum atomic E-state index is -0.138. The number of amides is 1. The van der Waals surface area contributed by atoms with Gasteiger partial charge in [0.25, 0.3) is 5.91 Å². The number of ether oxygens (including phenoxy) is 2. The van der Waals surface area contributed by atoms with E-state index in [1.165, 1.54) is 10.5 Å². The number of benzene rings is 2. The van der Waals surface area contributed by atoms with E-state index in [1.807, 2.05) is 24.3 Å². The molecule has 2 aliphatic heterocycles. The molecule has 2 aromatic rings. The molecular formula is C22H29N3O3+2. The Kier molecular flexibility index (Phi) is 6.09. The van der Waals surface area contributed by atoms with Gasteiger partial charge >= 0.3 is 0 Å². The maximum atomic E-state index is 12.3. The van der Waals surface area contributed by atoms with Crippen molar-refractivity contribution in [3.05, 3.63) is 60.2 Å². The first kappa shape index (κ1) is 18.8. The number of hydrogen-bond donors (Lipinski definition) is 3. The number of para-hydroxylation sites is 2. The van der Waals surface area contributed by atoms with Gasteiger partial charge in [-0.05, 0) is 12.1 Å². The van der Waals surface area contributed by atoms with E-state index >= 15 is 0 Å². The predicted octanol–water partition coefficient (Wildman–Crippen LogP) is -1.07. The normalized spacial score (nSPS) is 23.8. The lowest BCUT2D eigenvalue weighted by molar-refractivity contribution is -1.02. The van der Waals surface area contributed by atoms with E-state index < -0.39 is 0 Å². The van der Waals surface area contributed by atoms with E-state index in [9.17, 15) is 4.79 Å². The van der Waals surface area contributed by atoms with Crippen molar-refractivity contribution < 1.29 is 24.1 Å². The Hall–Kier alpha value is -2.57. The van der Waals surface area contributed by atoms with Crippen LogP contribution < -0.4 is 24.6 Å². The fraction of sp³-hybridized carbons (Fsp3) is 0.409. The Morgan fingerprint density at radius 3 is 2.39 bits per heavy atom. The number of rotatable bonds is 6. The first-order chi connectivity index (χ1) is 13.8. The molecule has 2 aromatic carbocycles. The van der Waals surface area contributed by atoms with Crippen molar-refractivity contribution in [2.45, 2.75) is 12.6 Å². The minimum Gasteiger partial charge on any atom is -0.486 e. The Morgan fingerprint density at radius 2 is 1.61 bits per heavy atom. The third kappa shape index (κ3) is 5.03. The number of carbonyl (C=O) groups is 1. The van der Waals surface area contributed by atoms with Crippen LogP contribution in [0.25, 0.3) is 0 Å². The first-order valence-electron chi connectivity index (χ1n) is 10.1. The van der Waals surface area contributed by atoms with Crippen LogP contribution in [0.15, 0.2) is 54.6 Å². The third-order valence-electron chi connectivity index (χ3n) is 5.47. The predicted molar refractivity (Wildman–Crippen MR) is 106 cm³/mol. The lowest BCUT2D eigenvalue weighted by atomic mass is 10.2. The second-order valence-electron chi connectivity index (χ2n) is 7.64. The van der Waals surface area contributed by atoms with Crippen molar-refractivity contribution in [2.24, 2.45) is 0 Å². The summed E-state index contributed by atoms with van der Waals surface area (Å²) in [6, 6.07) is 18.3. The summed E-state index contributed by atoms with van der Waals surface area (Å²) in [5.74, 6) is 1.60. The zero-order valence-electron chi connectivity index (χ0n) is 16.2. The van der Waals surface area contributed by atoms with Gasteiger partial charge in [-0.25, -0.2) is 0 Å². The van der Waals surface area contributed by atoms with Crippen LogP contribution >= 0.6 is 0 Å². The molecule has 6 nitrogen and oxygen atoms in total. The minimum absolute atomic E-state index is 0.0870. The van der Waals surface area contributed by atoms with Gasteiger partial charge in [0.1, 0.15) is 45.4 Å². The van der Waals surface area contributed by atoms with Crippen LogP contribution in [0.4, 0.5) is 0 Å². The SMILES string of the molecule is O=C(C[NH+]1CC[NH+](Cc2ccccc2)CC1)NCC1COc2ccccc2O1. The van der Waals surface area contributed by atoms with Crippen molar-refractivity contribution in [2.75, 3.05) is 45.9 Å². The molecule has 0 spiro atoms. The van der Waals surface area contributed by atoms with Gasteiger partial charge in [0.15, 0.2) is 18.0 Å². The molecule has 0 bridgehead atoms. The fourth-order valence-electron chi connectivity index (χ4n) is 3.88. The number of carbonyl (C=O) groups excluding carboxylic acids is 1. The van der Waals surface area contributed by atoms with Gasteiger partial charge in [0.05, 0.1) is 6.54 Å².